The molecule has 0 radical (unpaired) electrons. The molecule has 136 valence electrons. The smallest absolute Gasteiger partial charge is 0.410 e. The number of hydrogen-bond donors (Lipinski definition) is 0. The Morgan fingerprint density at radius 3 is 2.24 bits per heavy atom. The Kier molecular flexibility index (Phi) is 5.16. The van der Waals surface area contributed by atoms with Gasteiger partial charge in [0.1, 0.15) is 12.4 Å². The van der Waals surface area contributed by atoms with Crippen molar-refractivity contribution in [1.82, 2.24) is 4.90 Å². The van der Waals surface area contributed by atoms with Crippen molar-refractivity contribution in [3.05, 3.63) is 35.9 Å². The molecular weight excluding hydrogens is 314 g/mol. The van der Waals surface area contributed by atoms with Crippen LogP contribution in [0.5, 0.6) is 0 Å². The Morgan fingerprint density at radius 1 is 1.08 bits per heavy atom. The van der Waals surface area contributed by atoms with E-state index in [0.29, 0.717) is 18.8 Å². The zero-order valence-corrected chi connectivity index (χ0v) is 15.5. The molecule has 2 aliphatic heterocycles. The van der Waals surface area contributed by atoms with Gasteiger partial charge in [-0.15, -0.1) is 0 Å². The van der Waals surface area contributed by atoms with Crippen molar-refractivity contribution >= 4 is 11.9 Å². The van der Waals surface area contributed by atoms with Crippen LogP contribution in [0.15, 0.2) is 30.3 Å². The maximum atomic E-state index is 12.6. The SMILES string of the molecule is CC(C)(C)CC(=O)C1CC2CCC(C1)N2C(=O)OCc1ccccc1. The van der Waals surface area contributed by atoms with E-state index >= 15 is 0 Å². The second-order valence-corrected chi connectivity index (χ2v) is 8.70. The predicted octanol–water partition coefficient (Wildman–Crippen LogP) is 4.57. The molecule has 2 heterocycles. The lowest BCUT2D eigenvalue weighted by molar-refractivity contribution is -0.126. The minimum absolute atomic E-state index is 0.0296. The van der Waals surface area contributed by atoms with Crippen LogP contribution in [0, 0.1) is 11.3 Å². The first-order valence-electron chi connectivity index (χ1n) is 9.35. The number of amides is 1. The Balaban J connectivity index is 1.57. The molecule has 0 saturated carbocycles. The Bertz CT molecular complexity index is 606. The van der Waals surface area contributed by atoms with Crippen LogP contribution < -0.4 is 0 Å². The molecule has 1 aromatic carbocycles. The largest absolute Gasteiger partial charge is 0.445 e. The monoisotopic (exact) mass is 343 g/mol. The molecule has 1 amide bonds. The first-order chi connectivity index (χ1) is 11.8. The standard InChI is InChI=1S/C21H29NO3/c1-21(2,3)13-19(23)16-11-17-9-10-18(12-16)22(17)20(24)25-14-15-7-5-4-6-8-15/h4-8,16-18H,9-14H2,1-3H3. The van der Waals surface area contributed by atoms with Gasteiger partial charge in [-0.3, -0.25) is 4.79 Å². The molecular formula is C21H29NO3. The van der Waals surface area contributed by atoms with E-state index < -0.39 is 0 Å². The van der Waals surface area contributed by atoms with Crippen molar-refractivity contribution in [2.75, 3.05) is 0 Å². The first kappa shape index (κ1) is 18.0. The molecule has 4 nitrogen and oxygen atoms in total. The van der Waals surface area contributed by atoms with E-state index in [2.05, 4.69) is 20.8 Å². The number of ether oxygens (including phenoxy) is 1. The van der Waals surface area contributed by atoms with E-state index in [-0.39, 0.29) is 29.5 Å². The van der Waals surface area contributed by atoms with E-state index in [1.807, 2.05) is 35.2 Å². The van der Waals surface area contributed by atoms with Crippen LogP contribution in [0.4, 0.5) is 4.79 Å². The third kappa shape index (κ3) is 4.42. The van der Waals surface area contributed by atoms with Crippen LogP contribution in [0.1, 0.15) is 58.4 Å². The van der Waals surface area contributed by atoms with Gasteiger partial charge in [-0.1, -0.05) is 51.1 Å². The van der Waals surface area contributed by atoms with E-state index in [1.54, 1.807) is 0 Å². The highest BCUT2D eigenvalue weighted by atomic mass is 16.6. The van der Waals surface area contributed by atoms with Gasteiger partial charge in [0.2, 0.25) is 0 Å². The second-order valence-electron chi connectivity index (χ2n) is 8.70. The Hall–Kier alpha value is -1.84. The van der Waals surface area contributed by atoms with Crippen LogP contribution in [-0.2, 0) is 16.1 Å². The molecule has 1 aromatic rings. The number of fused-ring (bicyclic) bond motifs is 2. The highest BCUT2D eigenvalue weighted by Gasteiger charge is 2.45. The summed E-state index contributed by atoms with van der Waals surface area (Å²) in [6.07, 6.45) is 3.97. The highest BCUT2D eigenvalue weighted by molar-refractivity contribution is 5.82. The molecule has 0 N–H and O–H groups in total. The fourth-order valence-corrected chi connectivity index (χ4v) is 4.20. The average molecular weight is 343 g/mol. The first-order valence-corrected chi connectivity index (χ1v) is 9.35. The molecule has 2 bridgehead atoms. The van der Waals surface area contributed by atoms with E-state index in [0.717, 1.165) is 31.2 Å². The van der Waals surface area contributed by atoms with Crippen LogP contribution >= 0.6 is 0 Å². The summed E-state index contributed by atoms with van der Waals surface area (Å²) >= 11 is 0. The summed E-state index contributed by atoms with van der Waals surface area (Å²) < 4.78 is 5.53. The summed E-state index contributed by atoms with van der Waals surface area (Å²) in [7, 11) is 0. The van der Waals surface area contributed by atoms with E-state index in [1.165, 1.54) is 0 Å². The van der Waals surface area contributed by atoms with Gasteiger partial charge in [0.25, 0.3) is 0 Å². The summed E-state index contributed by atoms with van der Waals surface area (Å²) in [5, 5.41) is 0. The van der Waals surface area contributed by atoms with Crippen molar-refractivity contribution in [2.24, 2.45) is 11.3 Å². The normalized spacial score (nSPS) is 25.7. The number of hydrogen-bond acceptors (Lipinski definition) is 3. The van der Waals surface area contributed by atoms with Gasteiger partial charge in [-0.05, 0) is 36.7 Å². The lowest BCUT2D eigenvalue weighted by Crippen LogP contribution is -2.48. The molecule has 0 spiro atoms. The maximum absolute atomic E-state index is 12.6. The fourth-order valence-electron chi connectivity index (χ4n) is 4.20. The molecule has 0 aromatic heterocycles. The van der Waals surface area contributed by atoms with Gasteiger partial charge >= 0.3 is 6.09 Å². The van der Waals surface area contributed by atoms with Gasteiger partial charge in [-0.25, -0.2) is 4.79 Å². The zero-order valence-electron chi connectivity index (χ0n) is 15.5. The summed E-state index contributed by atoms with van der Waals surface area (Å²) in [4.78, 5) is 27.0. The quantitative estimate of drug-likeness (QED) is 0.804. The second kappa shape index (κ2) is 7.19. The average Bonchev–Trinajstić information content (AvgIpc) is 2.82. The molecule has 4 heteroatoms. The summed E-state index contributed by atoms with van der Waals surface area (Å²) in [6, 6.07) is 10.1. The maximum Gasteiger partial charge on any atom is 0.410 e. The minimum atomic E-state index is -0.224. The van der Waals surface area contributed by atoms with Gasteiger partial charge < -0.3 is 9.64 Å². The number of piperidine rings is 1. The Morgan fingerprint density at radius 2 is 1.68 bits per heavy atom. The summed E-state index contributed by atoms with van der Waals surface area (Å²) in [5.41, 5.74) is 1.03. The highest BCUT2D eigenvalue weighted by Crippen LogP contribution is 2.40. The van der Waals surface area contributed by atoms with Gasteiger partial charge in [0.05, 0.1) is 0 Å². The third-order valence-electron chi connectivity index (χ3n) is 5.31. The summed E-state index contributed by atoms with van der Waals surface area (Å²) in [6.45, 7) is 6.63. The fraction of sp³-hybridized carbons (Fsp3) is 0.619. The summed E-state index contributed by atoms with van der Waals surface area (Å²) in [5.74, 6) is 0.469. The topological polar surface area (TPSA) is 46.6 Å². The predicted molar refractivity (Wildman–Crippen MR) is 97.1 cm³/mol. The molecule has 2 saturated heterocycles. The van der Waals surface area contributed by atoms with Crippen molar-refractivity contribution in [3.8, 4) is 0 Å². The third-order valence-corrected chi connectivity index (χ3v) is 5.31. The van der Waals surface area contributed by atoms with Crippen molar-refractivity contribution in [2.45, 2.75) is 71.6 Å². The molecule has 2 fully saturated rings. The van der Waals surface area contributed by atoms with Crippen molar-refractivity contribution in [1.29, 1.82) is 0 Å². The van der Waals surface area contributed by atoms with Crippen LogP contribution in [0.25, 0.3) is 0 Å². The Labute approximate surface area is 150 Å². The molecule has 2 aliphatic rings. The van der Waals surface area contributed by atoms with Gasteiger partial charge in [-0.2, -0.15) is 0 Å². The lowest BCUT2D eigenvalue weighted by atomic mass is 9.80. The van der Waals surface area contributed by atoms with Crippen LogP contribution in [0.2, 0.25) is 0 Å². The molecule has 3 rings (SSSR count). The van der Waals surface area contributed by atoms with Gasteiger partial charge in [0, 0.05) is 24.4 Å². The molecule has 2 unspecified atom stereocenters. The molecule has 0 aliphatic carbocycles. The number of nitrogens with zero attached hydrogens (tertiary/aromatic N) is 1. The minimum Gasteiger partial charge on any atom is -0.445 e. The van der Waals surface area contributed by atoms with Crippen molar-refractivity contribution in [3.63, 3.8) is 0 Å². The number of carbonyl (C=O) groups is 2. The van der Waals surface area contributed by atoms with Gasteiger partial charge in [0.15, 0.2) is 0 Å². The number of benzene rings is 1. The lowest BCUT2D eigenvalue weighted by Gasteiger charge is -2.38. The number of Topliss-reactive ketones (excluding diaryl/α,β-unsaturated/α-hetero) is 1. The zero-order chi connectivity index (χ0) is 18.0. The number of ketones is 1. The van der Waals surface area contributed by atoms with E-state index in [9.17, 15) is 9.59 Å². The van der Waals surface area contributed by atoms with E-state index in [4.69, 9.17) is 4.74 Å². The number of carbonyl (C=O) groups excluding carboxylic acids is 2. The van der Waals surface area contributed by atoms with Crippen LogP contribution in [-0.4, -0.2) is 28.9 Å². The number of rotatable bonds is 4. The van der Waals surface area contributed by atoms with Crippen molar-refractivity contribution < 1.29 is 14.3 Å². The van der Waals surface area contributed by atoms with Crippen LogP contribution in [0.3, 0.4) is 0 Å². The molecule has 25 heavy (non-hydrogen) atoms. The molecule has 2 atom stereocenters.